The number of nitrogens with one attached hydrogen (secondary N) is 1. The zero-order chi connectivity index (χ0) is 13.6. The van der Waals surface area contributed by atoms with Crippen molar-refractivity contribution in [1.82, 2.24) is 5.32 Å². The van der Waals surface area contributed by atoms with Gasteiger partial charge in [0.2, 0.25) is 11.8 Å². The molecule has 0 aromatic rings. The second-order valence-corrected chi connectivity index (χ2v) is 4.92. The lowest BCUT2D eigenvalue weighted by molar-refractivity contribution is -0.134. The van der Waals surface area contributed by atoms with E-state index < -0.39 is 24.0 Å². The molecular formula is C12H24N2O3. The van der Waals surface area contributed by atoms with E-state index in [1.165, 1.54) is 0 Å². The van der Waals surface area contributed by atoms with Gasteiger partial charge in [-0.25, -0.2) is 0 Å². The van der Waals surface area contributed by atoms with Crippen molar-refractivity contribution in [2.75, 3.05) is 0 Å². The first-order chi connectivity index (χ1) is 7.79. The highest BCUT2D eigenvalue weighted by Crippen LogP contribution is 2.09. The van der Waals surface area contributed by atoms with Gasteiger partial charge in [-0.1, -0.05) is 34.1 Å². The maximum atomic E-state index is 11.6. The van der Waals surface area contributed by atoms with Gasteiger partial charge in [-0.3, -0.25) is 9.59 Å². The SMILES string of the molecule is CC[C@H](C)[C@H](NC(=O)[C@@H](O)CC(C)C)C(N)=O. The van der Waals surface area contributed by atoms with Crippen molar-refractivity contribution >= 4 is 11.8 Å². The van der Waals surface area contributed by atoms with Gasteiger partial charge in [-0.15, -0.1) is 0 Å². The molecule has 17 heavy (non-hydrogen) atoms. The number of rotatable bonds is 7. The summed E-state index contributed by atoms with van der Waals surface area (Å²) in [5.74, 6) is -0.915. The van der Waals surface area contributed by atoms with Crippen LogP contribution < -0.4 is 11.1 Å². The molecule has 0 aliphatic rings. The van der Waals surface area contributed by atoms with Crippen molar-refractivity contribution in [2.45, 2.75) is 52.7 Å². The minimum atomic E-state index is -1.08. The standard InChI is InChI=1S/C12H24N2O3/c1-5-8(4)10(11(13)16)14-12(17)9(15)6-7(2)3/h7-10,15H,5-6H2,1-4H3,(H2,13,16)(H,14,17)/t8-,9-,10-/m0/s1. The van der Waals surface area contributed by atoms with E-state index in [-0.39, 0.29) is 11.8 Å². The molecule has 5 heteroatoms. The molecule has 0 aliphatic heterocycles. The summed E-state index contributed by atoms with van der Waals surface area (Å²) in [4.78, 5) is 22.9. The predicted molar refractivity (Wildman–Crippen MR) is 66.0 cm³/mol. The summed E-state index contributed by atoms with van der Waals surface area (Å²) in [6, 6.07) is -0.714. The van der Waals surface area contributed by atoms with Crippen molar-refractivity contribution in [3.63, 3.8) is 0 Å². The lowest BCUT2D eigenvalue weighted by atomic mass is 9.97. The van der Waals surface area contributed by atoms with Crippen molar-refractivity contribution < 1.29 is 14.7 Å². The third kappa shape index (κ3) is 5.68. The number of carbonyl (C=O) groups is 2. The molecule has 0 aliphatic carbocycles. The van der Waals surface area contributed by atoms with Gasteiger partial charge in [0.15, 0.2) is 0 Å². The van der Waals surface area contributed by atoms with Crippen LogP contribution in [0.2, 0.25) is 0 Å². The van der Waals surface area contributed by atoms with Gasteiger partial charge in [0.05, 0.1) is 0 Å². The molecule has 0 saturated carbocycles. The second-order valence-electron chi connectivity index (χ2n) is 4.92. The molecule has 100 valence electrons. The van der Waals surface area contributed by atoms with Gasteiger partial charge < -0.3 is 16.2 Å². The number of nitrogens with two attached hydrogens (primary N) is 1. The largest absolute Gasteiger partial charge is 0.383 e. The Morgan fingerprint density at radius 3 is 2.18 bits per heavy atom. The molecule has 4 N–H and O–H groups in total. The van der Waals surface area contributed by atoms with Gasteiger partial charge in [-0.2, -0.15) is 0 Å². The maximum absolute atomic E-state index is 11.6. The Hall–Kier alpha value is -1.10. The molecule has 0 aromatic carbocycles. The van der Waals surface area contributed by atoms with E-state index in [2.05, 4.69) is 5.32 Å². The minimum Gasteiger partial charge on any atom is -0.383 e. The summed E-state index contributed by atoms with van der Waals surface area (Å²) < 4.78 is 0. The van der Waals surface area contributed by atoms with Crippen LogP contribution in [0.15, 0.2) is 0 Å². The number of aliphatic hydroxyl groups excluding tert-OH is 1. The molecule has 5 nitrogen and oxygen atoms in total. The lowest BCUT2D eigenvalue weighted by Crippen LogP contribution is -2.51. The van der Waals surface area contributed by atoms with Crippen molar-refractivity contribution in [3.05, 3.63) is 0 Å². The first kappa shape index (κ1) is 15.9. The summed E-state index contributed by atoms with van der Waals surface area (Å²) in [6.45, 7) is 7.58. The highest BCUT2D eigenvalue weighted by Gasteiger charge is 2.26. The van der Waals surface area contributed by atoms with E-state index in [1.54, 1.807) is 0 Å². The topological polar surface area (TPSA) is 92.4 Å². The Morgan fingerprint density at radius 1 is 1.29 bits per heavy atom. The fourth-order valence-electron chi connectivity index (χ4n) is 1.53. The number of carbonyl (C=O) groups excluding carboxylic acids is 2. The molecule has 0 unspecified atom stereocenters. The quantitative estimate of drug-likeness (QED) is 0.605. The summed E-state index contributed by atoms with van der Waals surface area (Å²) in [5, 5.41) is 12.1. The van der Waals surface area contributed by atoms with E-state index in [0.29, 0.717) is 6.42 Å². The molecule has 0 heterocycles. The van der Waals surface area contributed by atoms with E-state index >= 15 is 0 Å². The summed E-state index contributed by atoms with van der Waals surface area (Å²) in [6.07, 6.45) is 0.0207. The van der Waals surface area contributed by atoms with Crippen LogP contribution in [0.5, 0.6) is 0 Å². The Morgan fingerprint density at radius 2 is 1.82 bits per heavy atom. The summed E-state index contributed by atoms with van der Waals surface area (Å²) >= 11 is 0. The molecule has 0 fully saturated rings. The molecule has 0 bridgehead atoms. The lowest BCUT2D eigenvalue weighted by Gasteiger charge is -2.23. The third-order valence-corrected chi connectivity index (χ3v) is 2.81. The fourth-order valence-corrected chi connectivity index (χ4v) is 1.53. The van der Waals surface area contributed by atoms with Crippen LogP contribution in [-0.2, 0) is 9.59 Å². The predicted octanol–water partition coefficient (Wildman–Crippen LogP) is 0.410. The second kappa shape index (κ2) is 7.27. The van der Waals surface area contributed by atoms with Crippen LogP contribution in [0, 0.1) is 11.8 Å². The number of amides is 2. The van der Waals surface area contributed by atoms with Crippen molar-refractivity contribution in [2.24, 2.45) is 17.6 Å². The molecule has 2 amide bonds. The third-order valence-electron chi connectivity index (χ3n) is 2.81. The smallest absolute Gasteiger partial charge is 0.249 e. The monoisotopic (exact) mass is 244 g/mol. The molecule has 0 spiro atoms. The van der Waals surface area contributed by atoms with E-state index in [9.17, 15) is 14.7 Å². The Bertz CT molecular complexity index is 266. The minimum absolute atomic E-state index is 0.0392. The van der Waals surface area contributed by atoms with Crippen LogP contribution >= 0.6 is 0 Å². The number of hydrogen-bond acceptors (Lipinski definition) is 3. The number of aliphatic hydroxyl groups is 1. The first-order valence-electron chi connectivity index (χ1n) is 6.07. The van der Waals surface area contributed by atoms with Crippen LogP contribution in [0.1, 0.15) is 40.5 Å². The average molecular weight is 244 g/mol. The Balaban J connectivity index is 4.45. The zero-order valence-corrected chi connectivity index (χ0v) is 11.1. The first-order valence-corrected chi connectivity index (χ1v) is 6.07. The normalized spacial score (nSPS) is 16.4. The zero-order valence-electron chi connectivity index (χ0n) is 11.1. The van der Waals surface area contributed by atoms with Crippen LogP contribution in [-0.4, -0.2) is 29.1 Å². The van der Waals surface area contributed by atoms with Crippen molar-refractivity contribution in [1.29, 1.82) is 0 Å². The highest BCUT2D eigenvalue weighted by molar-refractivity contribution is 5.88. The average Bonchev–Trinajstić information content (AvgIpc) is 2.22. The van der Waals surface area contributed by atoms with Gasteiger partial charge in [0.25, 0.3) is 0 Å². The number of hydrogen-bond donors (Lipinski definition) is 3. The molecule has 0 rings (SSSR count). The van der Waals surface area contributed by atoms with Gasteiger partial charge in [0.1, 0.15) is 12.1 Å². The van der Waals surface area contributed by atoms with E-state index in [0.717, 1.165) is 6.42 Å². The van der Waals surface area contributed by atoms with Crippen LogP contribution in [0.25, 0.3) is 0 Å². The van der Waals surface area contributed by atoms with Crippen molar-refractivity contribution in [3.8, 4) is 0 Å². The van der Waals surface area contributed by atoms with Gasteiger partial charge >= 0.3 is 0 Å². The van der Waals surface area contributed by atoms with E-state index in [1.807, 2.05) is 27.7 Å². The summed E-state index contributed by atoms with van der Waals surface area (Å²) in [7, 11) is 0. The molecular weight excluding hydrogens is 220 g/mol. The summed E-state index contributed by atoms with van der Waals surface area (Å²) in [5.41, 5.74) is 5.23. The van der Waals surface area contributed by atoms with Crippen LogP contribution in [0.4, 0.5) is 0 Å². The van der Waals surface area contributed by atoms with Gasteiger partial charge in [-0.05, 0) is 18.3 Å². The number of primary amides is 1. The maximum Gasteiger partial charge on any atom is 0.249 e. The fraction of sp³-hybridized carbons (Fsp3) is 0.833. The molecule has 3 atom stereocenters. The van der Waals surface area contributed by atoms with E-state index in [4.69, 9.17) is 5.73 Å². The van der Waals surface area contributed by atoms with Gasteiger partial charge in [0, 0.05) is 0 Å². The highest BCUT2D eigenvalue weighted by atomic mass is 16.3. The molecule has 0 radical (unpaired) electrons. The molecule has 0 saturated heterocycles. The molecule has 0 aromatic heterocycles. The Labute approximate surface area is 103 Å². The Kier molecular flexibility index (Phi) is 6.80. The van der Waals surface area contributed by atoms with Crippen LogP contribution in [0.3, 0.4) is 0 Å².